The summed E-state index contributed by atoms with van der Waals surface area (Å²) in [4.78, 5) is 29.5. The van der Waals surface area contributed by atoms with E-state index in [4.69, 9.17) is 32.7 Å². The Kier molecular flexibility index (Phi) is 8.47. The molecule has 0 spiro atoms. The lowest BCUT2D eigenvalue weighted by Crippen LogP contribution is -2.35. The molecule has 1 fully saturated rings. The highest BCUT2D eigenvalue weighted by atomic mass is 35.5. The molecule has 34 heavy (non-hydrogen) atoms. The molecule has 0 bridgehead atoms. The maximum Gasteiger partial charge on any atom is 0.295 e. The van der Waals surface area contributed by atoms with E-state index in [9.17, 15) is 14.7 Å². The lowest BCUT2D eigenvalue weighted by atomic mass is 9.95. The van der Waals surface area contributed by atoms with Gasteiger partial charge in [-0.15, -0.1) is 0 Å². The molecule has 1 amide bonds. The first-order chi connectivity index (χ1) is 16.2. The number of carbonyl (C=O) groups excluding carboxylic acids is 2. The Labute approximate surface area is 209 Å². The Morgan fingerprint density at radius 2 is 1.74 bits per heavy atom. The van der Waals surface area contributed by atoms with Crippen LogP contribution in [0.3, 0.4) is 0 Å². The number of amides is 1. The Hall–Kier alpha value is -2.74. The molecule has 1 atom stereocenters. The fourth-order valence-corrected chi connectivity index (χ4v) is 4.42. The maximum absolute atomic E-state index is 13.1. The first-order valence-corrected chi connectivity index (χ1v) is 11.6. The van der Waals surface area contributed by atoms with Gasteiger partial charge in [0.15, 0.2) is 5.75 Å². The molecule has 1 saturated heterocycles. The number of carbonyl (C=O) groups is 2. The predicted molar refractivity (Wildman–Crippen MR) is 133 cm³/mol. The largest absolute Gasteiger partial charge is 0.507 e. The average Bonchev–Trinajstić information content (AvgIpc) is 3.05. The van der Waals surface area contributed by atoms with E-state index in [1.54, 1.807) is 24.3 Å². The number of methoxy groups -OCH3 is 1. The molecule has 1 unspecified atom stereocenters. The van der Waals surface area contributed by atoms with Gasteiger partial charge in [-0.25, -0.2) is 0 Å². The van der Waals surface area contributed by atoms with E-state index in [-0.39, 0.29) is 32.7 Å². The molecule has 9 heteroatoms. The van der Waals surface area contributed by atoms with E-state index in [0.29, 0.717) is 31.0 Å². The minimum absolute atomic E-state index is 0.0247. The molecular weight excluding hydrogens is 479 g/mol. The lowest BCUT2D eigenvalue weighted by molar-refractivity contribution is -0.140. The van der Waals surface area contributed by atoms with Crippen LogP contribution in [0.1, 0.15) is 30.5 Å². The van der Waals surface area contributed by atoms with Crippen LogP contribution in [-0.2, 0) is 9.59 Å². The number of Topliss-reactive ketones (excluding diaryl/α,β-unsaturated/α-hetero) is 1. The van der Waals surface area contributed by atoms with Crippen LogP contribution in [0.15, 0.2) is 42.0 Å². The standard InChI is InChI=1S/C25H28Cl2N2O5/c1-5-12-34-17-8-6-15(7-9-17)21-20(23(31)25(32)29(21)11-10-28(2)3)22(30)16-13-18(26)24(33-4)19(27)14-16/h6-9,13-14,21,30H,5,10-12H2,1-4H3/b22-20+. The second-order valence-corrected chi connectivity index (χ2v) is 9.00. The SMILES string of the molecule is CCCOc1ccc(C2/C(=C(\O)c3cc(Cl)c(OC)c(Cl)c3)C(=O)C(=O)N2CCN(C)C)cc1. The van der Waals surface area contributed by atoms with Gasteiger partial charge in [-0.05, 0) is 50.3 Å². The summed E-state index contributed by atoms with van der Waals surface area (Å²) in [5.41, 5.74) is 0.867. The van der Waals surface area contributed by atoms with E-state index < -0.39 is 17.7 Å². The fourth-order valence-electron chi connectivity index (χ4n) is 3.78. The van der Waals surface area contributed by atoms with E-state index in [2.05, 4.69) is 0 Å². The van der Waals surface area contributed by atoms with E-state index in [0.717, 1.165) is 6.42 Å². The van der Waals surface area contributed by atoms with Crippen LogP contribution in [0.4, 0.5) is 0 Å². The number of likely N-dealkylation sites (tertiary alicyclic amines) is 1. The minimum Gasteiger partial charge on any atom is -0.507 e. The zero-order chi connectivity index (χ0) is 25.0. The molecule has 2 aromatic rings. The molecule has 1 heterocycles. The van der Waals surface area contributed by atoms with Crippen LogP contribution in [0, 0.1) is 0 Å². The molecule has 0 aliphatic carbocycles. The van der Waals surface area contributed by atoms with Crippen molar-refractivity contribution in [2.45, 2.75) is 19.4 Å². The smallest absolute Gasteiger partial charge is 0.295 e. The maximum atomic E-state index is 13.1. The highest BCUT2D eigenvalue weighted by Crippen LogP contribution is 2.42. The molecular formula is C25H28Cl2N2O5. The van der Waals surface area contributed by atoms with Crippen molar-refractivity contribution in [3.63, 3.8) is 0 Å². The van der Waals surface area contributed by atoms with Gasteiger partial charge >= 0.3 is 0 Å². The summed E-state index contributed by atoms with van der Waals surface area (Å²) >= 11 is 12.5. The molecule has 7 nitrogen and oxygen atoms in total. The van der Waals surface area contributed by atoms with E-state index in [1.807, 2.05) is 25.9 Å². The molecule has 1 aliphatic rings. The number of likely N-dealkylation sites (N-methyl/N-ethyl adjacent to an activating group) is 1. The van der Waals surface area contributed by atoms with Crippen LogP contribution < -0.4 is 9.47 Å². The van der Waals surface area contributed by atoms with Gasteiger partial charge in [-0.2, -0.15) is 0 Å². The van der Waals surface area contributed by atoms with E-state index in [1.165, 1.54) is 24.1 Å². The van der Waals surface area contributed by atoms with Crippen molar-refractivity contribution in [3.8, 4) is 11.5 Å². The van der Waals surface area contributed by atoms with Crippen molar-refractivity contribution >= 4 is 40.7 Å². The summed E-state index contributed by atoms with van der Waals surface area (Å²) < 4.78 is 10.8. The summed E-state index contributed by atoms with van der Waals surface area (Å²) in [5, 5.41) is 11.6. The first-order valence-electron chi connectivity index (χ1n) is 10.9. The lowest BCUT2D eigenvalue weighted by Gasteiger charge is -2.26. The zero-order valence-electron chi connectivity index (χ0n) is 19.6. The first kappa shape index (κ1) is 25.9. The van der Waals surface area contributed by atoms with Crippen molar-refractivity contribution < 1.29 is 24.2 Å². The monoisotopic (exact) mass is 506 g/mol. The summed E-state index contributed by atoms with van der Waals surface area (Å²) in [7, 11) is 5.19. The second kappa shape index (κ2) is 11.1. The quantitative estimate of drug-likeness (QED) is 0.299. The number of halogens is 2. The predicted octanol–water partition coefficient (Wildman–Crippen LogP) is 4.77. The highest BCUT2D eigenvalue weighted by Gasteiger charge is 2.46. The van der Waals surface area contributed by atoms with Gasteiger partial charge < -0.3 is 24.4 Å². The van der Waals surface area contributed by atoms with Crippen molar-refractivity contribution in [1.82, 2.24) is 9.80 Å². The van der Waals surface area contributed by atoms with Crippen LogP contribution in [0.5, 0.6) is 11.5 Å². The Morgan fingerprint density at radius 1 is 1.12 bits per heavy atom. The Morgan fingerprint density at radius 3 is 2.26 bits per heavy atom. The Balaban J connectivity index is 2.12. The van der Waals surface area contributed by atoms with Gasteiger partial charge in [-0.1, -0.05) is 42.3 Å². The number of nitrogens with zero attached hydrogens (tertiary/aromatic N) is 2. The highest BCUT2D eigenvalue weighted by molar-refractivity contribution is 6.46. The summed E-state index contributed by atoms with van der Waals surface area (Å²) in [5.74, 6) is -0.857. The number of ether oxygens (including phenoxy) is 2. The number of rotatable bonds is 9. The molecule has 1 aliphatic heterocycles. The number of hydrogen-bond donors (Lipinski definition) is 1. The average molecular weight is 507 g/mol. The number of aliphatic hydroxyl groups is 1. The second-order valence-electron chi connectivity index (χ2n) is 8.19. The van der Waals surface area contributed by atoms with Crippen molar-refractivity contribution in [2.24, 2.45) is 0 Å². The van der Waals surface area contributed by atoms with Crippen molar-refractivity contribution in [1.29, 1.82) is 0 Å². The van der Waals surface area contributed by atoms with Crippen molar-refractivity contribution in [2.75, 3.05) is 40.9 Å². The van der Waals surface area contributed by atoms with Gasteiger partial charge in [0, 0.05) is 18.7 Å². The minimum atomic E-state index is -0.778. The van der Waals surface area contributed by atoms with Crippen LogP contribution in [0.2, 0.25) is 10.0 Å². The normalized spacial score (nSPS) is 17.5. The zero-order valence-corrected chi connectivity index (χ0v) is 21.1. The molecule has 2 aromatic carbocycles. The van der Waals surface area contributed by atoms with Gasteiger partial charge in [0.05, 0.1) is 35.4 Å². The van der Waals surface area contributed by atoms with E-state index >= 15 is 0 Å². The van der Waals surface area contributed by atoms with Gasteiger partial charge in [0.1, 0.15) is 11.5 Å². The number of benzene rings is 2. The topological polar surface area (TPSA) is 79.3 Å². The third-order valence-electron chi connectivity index (χ3n) is 5.47. The van der Waals surface area contributed by atoms with Gasteiger partial charge in [0.2, 0.25) is 0 Å². The number of hydrogen-bond acceptors (Lipinski definition) is 6. The number of aliphatic hydroxyl groups excluding tert-OH is 1. The molecule has 0 saturated carbocycles. The Bertz CT molecular complexity index is 1080. The summed E-state index contributed by atoms with van der Waals surface area (Å²) in [6.07, 6.45) is 0.874. The fraction of sp³-hybridized carbons (Fsp3) is 0.360. The third kappa shape index (κ3) is 5.32. The third-order valence-corrected chi connectivity index (χ3v) is 6.03. The molecule has 182 valence electrons. The molecule has 0 radical (unpaired) electrons. The van der Waals surface area contributed by atoms with Crippen LogP contribution in [0.25, 0.3) is 5.76 Å². The van der Waals surface area contributed by atoms with Gasteiger partial charge in [-0.3, -0.25) is 9.59 Å². The molecule has 1 N–H and O–H groups in total. The summed E-state index contributed by atoms with van der Waals surface area (Å²) in [6, 6.07) is 9.30. The van der Waals surface area contributed by atoms with Gasteiger partial charge in [0.25, 0.3) is 11.7 Å². The number of ketones is 1. The van der Waals surface area contributed by atoms with Crippen LogP contribution >= 0.6 is 23.2 Å². The molecule has 0 aromatic heterocycles. The summed E-state index contributed by atoms with van der Waals surface area (Å²) in [6.45, 7) is 3.45. The van der Waals surface area contributed by atoms with Crippen LogP contribution in [-0.4, -0.2) is 67.5 Å². The molecule has 3 rings (SSSR count). The van der Waals surface area contributed by atoms with Crippen molar-refractivity contribution in [3.05, 3.63) is 63.1 Å².